The molecule has 0 fully saturated rings. The van der Waals surface area contributed by atoms with Crippen molar-refractivity contribution >= 4 is 16.9 Å². The first-order valence-corrected chi connectivity index (χ1v) is 8.55. The minimum Gasteiger partial charge on any atom is -0.462 e. The van der Waals surface area contributed by atoms with E-state index in [1.807, 2.05) is 51.1 Å². The number of ether oxygens (including phenoxy) is 1. The first kappa shape index (κ1) is 17.6. The van der Waals surface area contributed by atoms with Crippen molar-refractivity contribution in [3.05, 3.63) is 64.3 Å². The van der Waals surface area contributed by atoms with Crippen LogP contribution in [0.15, 0.2) is 36.4 Å². The maximum atomic E-state index is 12.2. The van der Waals surface area contributed by atoms with Crippen LogP contribution < -0.4 is 0 Å². The second kappa shape index (κ2) is 6.97. The molecule has 3 aromatic rings. The Labute approximate surface area is 153 Å². The zero-order valence-electron chi connectivity index (χ0n) is 15.4. The third-order valence-electron chi connectivity index (χ3n) is 4.61. The van der Waals surface area contributed by atoms with Crippen LogP contribution >= 0.6 is 0 Å². The van der Waals surface area contributed by atoms with Crippen molar-refractivity contribution in [2.75, 3.05) is 6.61 Å². The summed E-state index contributed by atoms with van der Waals surface area (Å²) in [5, 5.41) is 10.0. The lowest BCUT2D eigenvalue weighted by Crippen LogP contribution is -2.05. The van der Waals surface area contributed by atoms with Crippen LogP contribution in [0.5, 0.6) is 0 Å². The van der Waals surface area contributed by atoms with E-state index in [1.165, 1.54) is 0 Å². The number of rotatable bonds is 3. The molecule has 0 N–H and O–H groups in total. The number of carbonyl (C=O) groups excluding carboxylic acids is 1. The molecule has 0 spiro atoms. The summed E-state index contributed by atoms with van der Waals surface area (Å²) in [6, 6.07) is 13.3. The van der Waals surface area contributed by atoms with Gasteiger partial charge in [0.2, 0.25) is 0 Å². The van der Waals surface area contributed by atoms with Crippen molar-refractivity contribution in [2.45, 2.75) is 27.7 Å². The van der Waals surface area contributed by atoms with Crippen molar-refractivity contribution in [3.8, 4) is 17.2 Å². The molecular weight excluding hydrogens is 324 g/mol. The fourth-order valence-electron chi connectivity index (χ4n) is 3.18. The Kier molecular flexibility index (Phi) is 4.73. The van der Waals surface area contributed by atoms with E-state index in [1.54, 1.807) is 13.0 Å². The minimum atomic E-state index is -0.338. The molecule has 0 saturated carbocycles. The normalized spacial score (nSPS) is 10.6. The van der Waals surface area contributed by atoms with Crippen molar-refractivity contribution in [1.82, 2.24) is 4.98 Å². The van der Waals surface area contributed by atoms with Crippen LogP contribution in [0, 0.1) is 32.1 Å². The van der Waals surface area contributed by atoms with E-state index in [4.69, 9.17) is 10.00 Å². The van der Waals surface area contributed by atoms with Crippen LogP contribution in [0.2, 0.25) is 0 Å². The Morgan fingerprint density at radius 2 is 1.92 bits per heavy atom. The summed E-state index contributed by atoms with van der Waals surface area (Å²) in [6.45, 7) is 8.14. The molecule has 1 aromatic heterocycles. The Morgan fingerprint density at radius 3 is 2.58 bits per heavy atom. The Hall–Kier alpha value is -3.19. The van der Waals surface area contributed by atoms with Crippen LogP contribution in [-0.2, 0) is 4.74 Å². The Bertz CT molecular complexity index is 1060. The molecule has 3 rings (SSSR count). The predicted molar refractivity (Wildman–Crippen MR) is 102 cm³/mol. The molecule has 2 aromatic carbocycles. The number of benzene rings is 2. The molecule has 0 bridgehead atoms. The molecule has 0 atom stereocenters. The quantitative estimate of drug-likeness (QED) is 0.636. The summed E-state index contributed by atoms with van der Waals surface area (Å²) in [4.78, 5) is 16.8. The second-order valence-electron chi connectivity index (χ2n) is 6.29. The molecule has 0 amide bonds. The molecule has 1 heterocycles. The topological polar surface area (TPSA) is 63.0 Å². The van der Waals surface area contributed by atoms with E-state index in [9.17, 15) is 4.79 Å². The molecule has 0 saturated heterocycles. The summed E-state index contributed by atoms with van der Waals surface area (Å²) >= 11 is 0. The largest absolute Gasteiger partial charge is 0.462 e. The Balaban J connectivity index is 2.32. The highest BCUT2D eigenvalue weighted by Gasteiger charge is 2.16. The fourth-order valence-corrected chi connectivity index (χ4v) is 3.18. The van der Waals surface area contributed by atoms with Crippen LogP contribution in [-0.4, -0.2) is 17.6 Å². The summed E-state index contributed by atoms with van der Waals surface area (Å²) < 4.78 is 5.14. The van der Waals surface area contributed by atoms with Crippen molar-refractivity contribution < 1.29 is 9.53 Å². The highest BCUT2D eigenvalue weighted by Crippen LogP contribution is 2.35. The maximum absolute atomic E-state index is 12.2. The van der Waals surface area contributed by atoms with E-state index in [2.05, 4.69) is 11.1 Å². The van der Waals surface area contributed by atoms with Gasteiger partial charge in [0.25, 0.3) is 0 Å². The molecule has 0 unspecified atom stereocenters. The Morgan fingerprint density at radius 1 is 1.15 bits per heavy atom. The molecular formula is C22H20N2O2. The van der Waals surface area contributed by atoms with Crippen molar-refractivity contribution in [1.29, 1.82) is 5.26 Å². The van der Waals surface area contributed by atoms with Gasteiger partial charge in [0.1, 0.15) is 0 Å². The van der Waals surface area contributed by atoms with Crippen LogP contribution in [0.25, 0.3) is 22.0 Å². The number of aryl methyl sites for hydroxylation is 2. The summed E-state index contributed by atoms with van der Waals surface area (Å²) in [5.41, 5.74) is 7.08. The van der Waals surface area contributed by atoms with Crippen LogP contribution in [0.1, 0.15) is 39.7 Å². The van der Waals surface area contributed by atoms with Gasteiger partial charge in [0.15, 0.2) is 0 Å². The average Bonchev–Trinajstić information content (AvgIpc) is 2.63. The van der Waals surface area contributed by atoms with Gasteiger partial charge in [-0.3, -0.25) is 4.98 Å². The van der Waals surface area contributed by atoms with Crippen LogP contribution in [0.3, 0.4) is 0 Å². The number of aromatic nitrogens is 1. The molecule has 0 aliphatic carbocycles. The number of hydrogen-bond donors (Lipinski definition) is 0. The summed E-state index contributed by atoms with van der Waals surface area (Å²) in [7, 11) is 0. The van der Waals surface area contributed by atoms with Crippen LogP contribution in [0.4, 0.5) is 0 Å². The molecule has 130 valence electrons. The van der Waals surface area contributed by atoms with Gasteiger partial charge in [0, 0.05) is 11.1 Å². The predicted octanol–water partition coefficient (Wildman–Crippen LogP) is 4.88. The number of carbonyl (C=O) groups is 1. The molecule has 4 nitrogen and oxygen atoms in total. The van der Waals surface area contributed by atoms with Crippen molar-refractivity contribution in [3.63, 3.8) is 0 Å². The first-order chi connectivity index (χ1) is 12.5. The van der Waals surface area contributed by atoms with E-state index in [0.29, 0.717) is 17.7 Å². The highest BCUT2D eigenvalue weighted by atomic mass is 16.5. The number of pyridine rings is 1. The number of nitrogens with zero attached hydrogens (tertiary/aromatic N) is 2. The number of fused-ring (bicyclic) bond motifs is 1. The van der Waals surface area contributed by atoms with Gasteiger partial charge in [-0.1, -0.05) is 6.07 Å². The van der Waals surface area contributed by atoms with Gasteiger partial charge in [-0.25, -0.2) is 4.79 Å². The molecule has 4 heteroatoms. The smallest absolute Gasteiger partial charge is 0.338 e. The minimum absolute atomic E-state index is 0.337. The second-order valence-corrected chi connectivity index (χ2v) is 6.29. The zero-order chi connectivity index (χ0) is 18.8. The summed E-state index contributed by atoms with van der Waals surface area (Å²) in [5.74, 6) is -0.338. The first-order valence-electron chi connectivity index (χ1n) is 8.55. The zero-order valence-corrected chi connectivity index (χ0v) is 15.4. The van der Waals surface area contributed by atoms with Gasteiger partial charge in [0.05, 0.1) is 29.3 Å². The summed E-state index contributed by atoms with van der Waals surface area (Å²) in [6.07, 6.45) is 0. The van der Waals surface area contributed by atoms with E-state index < -0.39 is 0 Å². The standard InChI is InChI=1S/C22H20N2O2/c1-5-26-22(25)17-7-9-20-19(11-17)21(14(3)15(4)24-20)18-8-6-16(12-23)10-13(18)2/h6-11H,5H2,1-4H3. The van der Waals surface area contributed by atoms with Gasteiger partial charge in [-0.05, 0) is 80.3 Å². The third-order valence-corrected chi connectivity index (χ3v) is 4.61. The number of nitriles is 1. The van der Waals surface area contributed by atoms with Gasteiger partial charge >= 0.3 is 5.97 Å². The lowest BCUT2D eigenvalue weighted by molar-refractivity contribution is 0.0526. The maximum Gasteiger partial charge on any atom is 0.338 e. The van der Waals surface area contributed by atoms with Crippen molar-refractivity contribution in [2.24, 2.45) is 0 Å². The molecule has 0 radical (unpaired) electrons. The molecule has 0 aliphatic heterocycles. The molecule has 26 heavy (non-hydrogen) atoms. The average molecular weight is 344 g/mol. The van der Waals surface area contributed by atoms with Gasteiger partial charge in [-0.15, -0.1) is 0 Å². The van der Waals surface area contributed by atoms with Gasteiger partial charge < -0.3 is 4.74 Å². The monoisotopic (exact) mass is 344 g/mol. The SMILES string of the molecule is CCOC(=O)c1ccc2nc(C)c(C)c(-c3ccc(C#N)cc3C)c2c1. The molecule has 0 aliphatic rings. The number of esters is 1. The third kappa shape index (κ3) is 3.04. The lowest BCUT2D eigenvalue weighted by atomic mass is 9.91. The van der Waals surface area contributed by atoms with E-state index in [-0.39, 0.29) is 5.97 Å². The van der Waals surface area contributed by atoms with E-state index >= 15 is 0 Å². The highest BCUT2D eigenvalue weighted by molar-refractivity contribution is 6.02. The van der Waals surface area contributed by atoms with Gasteiger partial charge in [-0.2, -0.15) is 5.26 Å². The van der Waals surface area contributed by atoms with E-state index in [0.717, 1.165) is 38.9 Å². The lowest BCUT2D eigenvalue weighted by Gasteiger charge is -2.16. The number of hydrogen-bond acceptors (Lipinski definition) is 4. The fraction of sp³-hybridized carbons (Fsp3) is 0.227.